The molecule has 3 nitrogen and oxygen atoms in total. The highest BCUT2D eigenvalue weighted by Gasteiger charge is 2.37. The Morgan fingerprint density at radius 2 is 2.39 bits per heavy atom. The number of benzene rings is 1. The summed E-state index contributed by atoms with van der Waals surface area (Å²) >= 11 is 1.63. The van der Waals surface area contributed by atoms with Crippen LogP contribution in [0.4, 0.5) is 10.1 Å². The molecule has 0 bridgehead atoms. The van der Waals surface area contributed by atoms with Crippen LogP contribution in [-0.2, 0) is 4.79 Å². The molecule has 1 heterocycles. The molecule has 1 aliphatic heterocycles. The molecule has 1 aromatic rings. The van der Waals surface area contributed by atoms with Crippen LogP contribution in [-0.4, -0.2) is 16.4 Å². The summed E-state index contributed by atoms with van der Waals surface area (Å²) in [5, 5.41) is 11.5. The van der Waals surface area contributed by atoms with Gasteiger partial charge in [-0.3, -0.25) is 4.79 Å². The normalized spacial score (nSPS) is 22.5. The third-order valence-corrected chi connectivity index (χ3v) is 4.56. The number of rotatable bonds is 2. The fourth-order valence-corrected chi connectivity index (χ4v) is 3.12. The van der Waals surface area contributed by atoms with Crippen molar-refractivity contribution in [2.24, 2.45) is 0 Å². The lowest BCUT2D eigenvalue weighted by molar-refractivity contribution is -0.118. The second kappa shape index (κ2) is 4.99. The Hall–Kier alpha value is -1.54. The summed E-state index contributed by atoms with van der Waals surface area (Å²) in [5.41, 5.74) is 0.406. The van der Waals surface area contributed by atoms with Gasteiger partial charge in [0.25, 0.3) is 0 Å². The number of nitrogens with zero attached hydrogens (tertiary/aromatic N) is 1. The number of carbonyl (C=O) groups excluding carboxylic acids is 1. The molecule has 1 fully saturated rings. The molecular weight excluding hydrogens is 251 g/mol. The Bertz CT molecular complexity index is 518. The molecule has 18 heavy (non-hydrogen) atoms. The molecule has 1 aromatic carbocycles. The molecule has 2 rings (SSSR count). The van der Waals surface area contributed by atoms with Crippen molar-refractivity contribution in [1.29, 1.82) is 5.26 Å². The van der Waals surface area contributed by atoms with Crippen molar-refractivity contribution in [3.05, 3.63) is 29.6 Å². The molecule has 5 heteroatoms. The van der Waals surface area contributed by atoms with Crippen molar-refractivity contribution in [3.8, 4) is 6.07 Å². The third kappa shape index (κ3) is 2.49. The van der Waals surface area contributed by atoms with Crippen LogP contribution in [0.15, 0.2) is 18.2 Å². The van der Waals surface area contributed by atoms with Gasteiger partial charge in [-0.15, -0.1) is 11.8 Å². The third-order valence-electron chi connectivity index (χ3n) is 3.04. The molecule has 0 spiro atoms. The average molecular weight is 264 g/mol. The minimum Gasteiger partial charge on any atom is -0.325 e. The second-order valence-electron chi connectivity index (χ2n) is 4.44. The van der Waals surface area contributed by atoms with Gasteiger partial charge in [0.2, 0.25) is 5.91 Å². The molecule has 0 aromatic heterocycles. The van der Waals surface area contributed by atoms with Crippen LogP contribution < -0.4 is 5.32 Å². The van der Waals surface area contributed by atoms with Gasteiger partial charge < -0.3 is 5.32 Å². The van der Waals surface area contributed by atoms with Gasteiger partial charge in [-0.05, 0) is 43.7 Å². The highest BCUT2D eigenvalue weighted by Crippen LogP contribution is 2.38. The van der Waals surface area contributed by atoms with E-state index in [0.29, 0.717) is 5.69 Å². The quantitative estimate of drug-likeness (QED) is 0.893. The molecule has 1 unspecified atom stereocenters. The SMILES string of the molecule is CC1(C(=O)Nc2ccc(F)c(C#N)c2)CCCS1. The standard InChI is InChI=1S/C13H13FN2OS/c1-13(5-2-6-18-13)12(17)16-10-3-4-11(14)9(7-10)8-15/h3-4,7H,2,5-6H2,1H3,(H,16,17). The number of nitrogens with one attached hydrogen (secondary N) is 1. The van der Waals surface area contributed by atoms with Crippen molar-refractivity contribution in [1.82, 2.24) is 0 Å². The summed E-state index contributed by atoms with van der Waals surface area (Å²) in [6, 6.07) is 5.78. The molecular formula is C13H13FN2OS. The Labute approximate surface area is 109 Å². The highest BCUT2D eigenvalue weighted by molar-refractivity contribution is 8.01. The number of nitriles is 1. The van der Waals surface area contributed by atoms with E-state index >= 15 is 0 Å². The molecule has 1 N–H and O–H groups in total. The van der Waals surface area contributed by atoms with E-state index in [0.717, 1.165) is 18.6 Å². The Kier molecular flexibility index (Phi) is 3.58. The van der Waals surface area contributed by atoms with E-state index in [-0.39, 0.29) is 11.5 Å². The summed E-state index contributed by atoms with van der Waals surface area (Å²) in [6.45, 7) is 1.91. The van der Waals surface area contributed by atoms with E-state index < -0.39 is 10.6 Å². The Morgan fingerprint density at radius 3 is 3.00 bits per heavy atom. The smallest absolute Gasteiger partial charge is 0.240 e. The monoisotopic (exact) mass is 264 g/mol. The minimum atomic E-state index is -0.572. The lowest BCUT2D eigenvalue weighted by Gasteiger charge is -2.21. The number of anilines is 1. The van der Waals surface area contributed by atoms with Gasteiger partial charge in [-0.1, -0.05) is 0 Å². The number of hydrogen-bond acceptors (Lipinski definition) is 3. The van der Waals surface area contributed by atoms with Crippen molar-refractivity contribution in [2.75, 3.05) is 11.1 Å². The number of carbonyl (C=O) groups is 1. The first-order chi connectivity index (χ1) is 8.55. The predicted molar refractivity (Wildman–Crippen MR) is 69.8 cm³/mol. The van der Waals surface area contributed by atoms with Gasteiger partial charge in [-0.25, -0.2) is 4.39 Å². The molecule has 0 radical (unpaired) electrons. The number of hydrogen-bond donors (Lipinski definition) is 1. The summed E-state index contributed by atoms with van der Waals surface area (Å²) in [5.74, 6) is 0.328. The fraction of sp³-hybridized carbons (Fsp3) is 0.385. The van der Waals surface area contributed by atoms with E-state index in [9.17, 15) is 9.18 Å². The van der Waals surface area contributed by atoms with Gasteiger partial charge in [0, 0.05) is 5.69 Å². The topological polar surface area (TPSA) is 52.9 Å². The van der Waals surface area contributed by atoms with Gasteiger partial charge in [-0.2, -0.15) is 5.26 Å². The average Bonchev–Trinajstić information content (AvgIpc) is 2.80. The maximum Gasteiger partial charge on any atom is 0.240 e. The predicted octanol–water partition coefficient (Wildman–Crippen LogP) is 2.92. The Balaban J connectivity index is 2.15. The van der Waals surface area contributed by atoms with Crippen LogP contribution in [0, 0.1) is 17.1 Å². The zero-order valence-corrected chi connectivity index (χ0v) is 10.8. The van der Waals surface area contributed by atoms with Crippen LogP contribution in [0.25, 0.3) is 0 Å². The van der Waals surface area contributed by atoms with Crippen molar-refractivity contribution < 1.29 is 9.18 Å². The summed E-state index contributed by atoms with van der Waals surface area (Å²) in [7, 11) is 0. The number of halogens is 1. The largest absolute Gasteiger partial charge is 0.325 e. The van der Waals surface area contributed by atoms with E-state index in [1.54, 1.807) is 17.8 Å². The Morgan fingerprint density at radius 1 is 1.61 bits per heavy atom. The summed E-state index contributed by atoms with van der Waals surface area (Å²) in [6.07, 6.45) is 1.87. The van der Waals surface area contributed by atoms with Crippen LogP contribution in [0.5, 0.6) is 0 Å². The first kappa shape index (κ1) is 12.9. The van der Waals surface area contributed by atoms with E-state index in [1.807, 2.05) is 6.92 Å². The summed E-state index contributed by atoms with van der Waals surface area (Å²) in [4.78, 5) is 12.1. The number of thioether (sulfide) groups is 1. The molecule has 0 saturated carbocycles. The van der Waals surface area contributed by atoms with Crippen LogP contribution in [0.3, 0.4) is 0 Å². The molecule has 1 aliphatic rings. The van der Waals surface area contributed by atoms with E-state index in [4.69, 9.17) is 5.26 Å². The lowest BCUT2D eigenvalue weighted by atomic mass is 10.0. The van der Waals surface area contributed by atoms with E-state index in [2.05, 4.69) is 5.32 Å². The highest BCUT2D eigenvalue weighted by atomic mass is 32.2. The molecule has 0 aliphatic carbocycles. The zero-order valence-electron chi connectivity index (χ0n) is 10.00. The van der Waals surface area contributed by atoms with E-state index in [1.165, 1.54) is 18.2 Å². The van der Waals surface area contributed by atoms with Gasteiger partial charge in [0.1, 0.15) is 11.9 Å². The fourth-order valence-electron chi connectivity index (χ4n) is 1.91. The van der Waals surface area contributed by atoms with Gasteiger partial charge >= 0.3 is 0 Å². The zero-order chi connectivity index (χ0) is 13.2. The van der Waals surface area contributed by atoms with Crippen LogP contribution >= 0.6 is 11.8 Å². The van der Waals surface area contributed by atoms with Gasteiger partial charge in [0.15, 0.2) is 0 Å². The second-order valence-corrected chi connectivity index (χ2v) is 6.04. The maximum atomic E-state index is 13.1. The lowest BCUT2D eigenvalue weighted by Crippen LogP contribution is -2.34. The molecule has 94 valence electrons. The molecule has 1 amide bonds. The van der Waals surface area contributed by atoms with Crippen LogP contribution in [0.2, 0.25) is 0 Å². The van der Waals surface area contributed by atoms with Gasteiger partial charge in [0.05, 0.1) is 10.3 Å². The van der Waals surface area contributed by atoms with Crippen molar-refractivity contribution in [2.45, 2.75) is 24.5 Å². The first-order valence-electron chi connectivity index (χ1n) is 5.70. The molecule has 1 atom stereocenters. The minimum absolute atomic E-state index is 0.0583. The number of amides is 1. The van der Waals surface area contributed by atoms with Crippen LogP contribution in [0.1, 0.15) is 25.3 Å². The maximum absolute atomic E-state index is 13.1. The molecule has 1 saturated heterocycles. The summed E-state index contributed by atoms with van der Waals surface area (Å²) < 4.78 is 12.7. The van der Waals surface area contributed by atoms with Crippen molar-refractivity contribution in [3.63, 3.8) is 0 Å². The van der Waals surface area contributed by atoms with Crippen molar-refractivity contribution >= 4 is 23.4 Å². The first-order valence-corrected chi connectivity index (χ1v) is 6.69.